The molecule has 0 aliphatic heterocycles. The highest BCUT2D eigenvalue weighted by atomic mass is 31.0. The number of halogens is 2. The molecule has 0 saturated heterocycles. The summed E-state index contributed by atoms with van der Waals surface area (Å²) in [7, 11) is 1.55. The number of amidine groups is 1. The zero-order valence-electron chi connectivity index (χ0n) is 16.6. The molecule has 0 fully saturated rings. The summed E-state index contributed by atoms with van der Waals surface area (Å²) >= 11 is 0. The molecular formula is C22H25F2N2OP. The number of rotatable bonds is 5. The fourth-order valence-corrected chi connectivity index (χ4v) is 3.28. The molecular weight excluding hydrogens is 377 g/mol. The van der Waals surface area contributed by atoms with Gasteiger partial charge < -0.3 is 5.11 Å². The molecule has 1 atom stereocenters. The summed E-state index contributed by atoms with van der Waals surface area (Å²) in [5, 5.41) is 9.67. The third kappa shape index (κ3) is 5.11. The van der Waals surface area contributed by atoms with Gasteiger partial charge in [0.2, 0.25) is 5.88 Å². The molecule has 148 valence electrons. The lowest BCUT2D eigenvalue weighted by molar-refractivity contribution is 0.104. The van der Waals surface area contributed by atoms with Crippen LogP contribution < -0.4 is 0 Å². The molecule has 0 spiro atoms. The molecule has 3 nitrogen and oxygen atoms in total. The van der Waals surface area contributed by atoms with Crippen LogP contribution in [0.1, 0.15) is 47.2 Å². The van der Waals surface area contributed by atoms with Crippen LogP contribution in [-0.2, 0) is 12.1 Å². The Hall–Kier alpha value is -2.39. The Morgan fingerprint density at radius 3 is 2.36 bits per heavy atom. The second kappa shape index (κ2) is 8.74. The number of hydrogen-bond acceptors (Lipinski definition) is 2. The van der Waals surface area contributed by atoms with Crippen molar-refractivity contribution in [3.05, 3.63) is 82.2 Å². The summed E-state index contributed by atoms with van der Waals surface area (Å²) in [6, 6.07) is 10.4. The summed E-state index contributed by atoms with van der Waals surface area (Å²) < 4.78 is 27.1. The quantitative estimate of drug-likeness (QED) is 0.280. The first-order valence-electron chi connectivity index (χ1n) is 8.93. The Morgan fingerprint density at radius 2 is 1.82 bits per heavy atom. The van der Waals surface area contributed by atoms with Gasteiger partial charge in [0.1, 0.15) is 0 Å². The van der Waals surface area contributed by atoms with Crippen molar-refractivity contribution in [2.24, 2.45) is 9.98 Å². The summed E-state index contributed by atoms with van der Waals surface area (Å²) in [5.74, 6) is 0.00591. The lowest BCUT2D eigenvalue weighted by atomic mass is 9.98. The molecule has 2 rings (SSSR count). The molecule has 0 heterocycles. The standard InChI is InChI=1S/C22H25F2N2OP/c1-6-17-9-7-8-13(2)20(17)21(26-16(5)27)25-15(4)19-11-10-18(12-14(19)3)22(23,24)28/h7-12,27H,5-6,28H2,1-4H3/b25-15+,26-21-. The minimum atomic E-state index is -2.98. The molecule has 6 heteroatoms. The lowest BCUT2D eigenvalue weighted by Crippen LogP contribution is -2.10. The van der Waals surface area contributed by atoms with Crippen LogP contribution in [0.4, 0.5) is 8.78 Å². The Bertz CT molecular complexity index is 959. The Balaban J connectivity index is 2.60. The normalized spacial score (nSPS) is 13.0. The average molecular weight is 402 g/mol. The van der Waals surface area contributed by atoms with Crippen molar-refractivity contribution >= 4 is 20.8 Å². The Labute approximate surface area is 167 Å². The SMILES string of the molecule is C=C(O)/N=C(\N=C(/C)c1ccc(C(F)(F)P)cc1C)c1c(C)cccc1CC. The summed E-state index contributed by atoms with van der Waals surface area (Å²) in [5.41, 5.74) is 1.84. The van der Waals surface area contributed by atoms with E-state index >= 15 is 0 Å². The number of alkyl halides is 2. The third-order valence-electron chi connectivity index (χ3n) is 4.47. The van der Waals surface area contributed by atoms with Gasteiger partial charge >= 0.3 is 0 Å². The van der Waals surface area contributed by atoms with E-state index in [0.717, 1.165) is 28.7 Å². The van der Waals surface area contributed by atoms with E-state index in [0.29, 0.717) is 17.1 Å². The fraction of sp³-hybridized carbons (Fsp3) is 0.273. The van der Waals surface area contributed by atoms with Gasteiger partial charge in [-0.25, -0.2) is 4.99 Å². The van der Waals surface area contributed by atoms with Crippen molar-refractivity contribution in [3.63, 3.8) is 0 Å². The highest BCUT2D eigenvalue weighted by molar-refractivity contribution is 7.17. The summed E-state index contributed by atoms with van der Waals surface area (Å²) in [6.07, 6.45) is 0.777. The minimum Gasteiger partial charge on any atom is -0.494 e. The first-order valence-corrected chi connectivity index (χ1v) is 9.51. The van der Waals surface area contributed by atoms with Gasteiger partial charge in [-0.3, -0.25) is 0 Å². The van der Waals surface area contributed by atoms with Crippen LogP contribution in [0.25, 0.3) is 0 Å². The second-order valence-electron chi connectivity index (χ2n) is 6.66. The zero-order chi connectivity index (χ0) is 21.1. The van der Waals surface area contributed by atoms with Gasteiger partial charge in [-0.1, -0.05) is 46.5 Å². The van der Waals surface area contributed by atoms with Crippen LogP contribution in [0.2, 0.25) is 0 Å². The summed E-state index contributed by atoms with van der Waals surface area (Å²) in [6.45, 7) is 11.0. The molecule has 0 bridgehead atoms. The third-order valence-corrected chi connectivity index (χ3v) is 4.81. The molecule has 0 amide bonds. The highest BCUT2D eigenvalue weighted by Gasteiger charge is 2.25. The first-order chi connectivity index (χ1) is 13.0. The average Bonchev–Trinajstić information content (AvgIpc) is 2.59. The van der Waals surface area contributed by atoms with Crippen molar-refractivity contribution in [2.45, 2.75) is 39.8 Å². The van der Waals surface area contributed by atoms with E-state index in [9.17, 15) is 13.9 Å². The molecule has 1 N–H and O–H groups in total. The molecule has 0 aliphatic carbocycles. The van der Waals surface area contributed by atoms with E-state index in [-0.39, 0.29) is 11.4 Å². The second-order valence-corrected chi connectivity index (χ2v) is 7.39. The Morgan fingerprint density at radius 1 is 1.14 bits per heavy atom. The monoisotopic (exact) mass is 402 g/mol. The van der Waals surface area contributed by atoms with Crippen molar-refractivity contribution < 1.29 is 13.9 Å². The van der Waals surface area contributed by atoms with E-state index < -0.39 is 5.66 Å². The first kappa shape index (κ1) is 21.9. The van der Waals surface area contributed by atoms with Crippen LogP contribution in [0.5, 0.6) is 0 Å². The van der Waals surface area contributed by atoms with Gasteiger partial charge in [0.25, 0.3) is 5.66 Å². The van der Waals surface area contributed by atoms with Crippen LogP contribution in [0, 0.1) is 13.8 Å². The topological polar surface area (TPSA) is 45.0 Å². The van der Waals surface area contributed by atoms with Crippen molar-refractivity contribution in [1.29, 1.82) is 0 Å². The van der Waals surface area contributed by atoms with Gasteiger partial charge in [0.05, 0.1) is 0 Å². The van der Waals surface area contributed by atoms with Gasteiger partial charge in [0.15, 0.2) is 5.84 Å². The van der Waals surface area contributed by atoms with Crippen LogP contribution in [-0.4, -0.2) is 16.7 Å². The largest absolute Gasteiger partial charge is 0.494 e. The van der Waals surface area contributed by atoms with E-state index in [1.807, 2.05) is 32.0 Å². The molecule has 1 unspecified atom stereocenters. The number of hydrogen-bond donors (Lipinski definition) is 1. The number of aliphatic imine (C=N–C) groups is 2. The maximum atomic E-state index is 13.5. The fourth-order valence-electron chi connectivity index (χ4n) is 3.10. The van der Waals surface area contributed by atoms with Crippen LogP contribution >= 0.6 is 9.24 Å². The van der Waals surface area contributed by atoms with E-state index in [1.54, 1.807) is 29.2 Å². The maximum Gasteiger partial charge on any atom is 0.283 e. The Kier molecular flexibility index (Phi) is 6.84. The molecule has 0 radical (unpaired) electrons. The highest BCUT2D eigenvalue weighted by Crippen LogP contribution is 2.35. The van der Waals surface area contributed by atoms with Crippen molar-refractivity contribution in [1.82, 2.24) is 0 Å². The predicted octanol–water partition coefficient (Wildman–Crippen LogP) is 6.08. The van der Waals surface area contributed by atoms with Crippen LogP contribution in [0.3, 0.4) is 0 Å². The predicted molar refractivity (Wildman–Crippen MR) is 116 cm³/mol. The number of aryl methyl sites for hydroxylation is 3. The molecule has 2 aromatic rings. The van der Waals surface area contributed by atoms with E-state index in [2.05, 4.69) is 16.6 Å². The zero-order valence-corrected chi connectivity index (χ0v) is 17.7. The van der Waals surface area contributed by atoms with Crippen LogP contribution in [0.15, 0.2) is 58.8 Å². The van der Waals surface area contributed by atoms with Crippen molar-refractivity contribution in [2.75, 3.05) is 0 Å². The van der Waals surface area contributed by atoms with E-state index in [4.69, 9.17) is 0 Å². The minimum absolute atomic E-state index is 0.0728. The molecule has 0 aliphatic rings. The van der Waals surface area contributed by atoms with Gasteiger partial charge in [0, 0.05) is 16.8 Å². The number of aliphatic hydroxyl groups excluding tert-OH is 1. The van der Waals surface area contributed by atoms with E-state index in [1.165, 1.54) is 12.1 Å². The molecule has 28 heavy (non-hydrogen) atoms. The number of nitrogens with zero attached hydrogens (tertiary/aromatic N) is 2. The molecule has 2 aromatic carbocycles. The molecule has 0 aromatic heterocycles. The molecule has 0 saturated carbocycles. The van der Waals surface area contributed by atoms with Gasteiger partial charge in [-0.15, -0.1) is 0 Å². The lowest BCUT2D eigenvalue weighted by Gasteiger charge is -2.15. The smallest absolute Gasteiger partial charge is 0.283 e. The van der Waals surface area contributed by atoms with Gasteiger partial charge in [-0.05, 0) is 62.1 Å². The van der Waals surface area contributed by atoms with Crippen molar-refractivity contribution in [3.8, 4) is 0 Å². The van der Waals surface area contributed by atoms with Gasteiger partial charge in [-0.2, -0.15) is 13.8 Å². The number of benzene rings is 2. The summed E-state index contributed by atoms with van der Waals surface area (Å²) in [4.78, 5) is 8.77. The maximum absolute atomic E-state index is 13.5. The number of aliphatic hydroxyl groups is 1.